The van der Waals surface area contributed by atoms with Crippen molar-refractivity contribution in [2.24, 2.45) is 11.8 Å². The van der Waals surface area contributed by atoms with Crippen molar-refractivity contribution >= 4 is 11.9 Å². The summed E-state index contributed by atoms with van der Waals surface area (Å²) in [5, 5.41) is 11.8. The molecular formula is C15H26N2O3. The highest BCUT2D eigenvalue weighted by molar-refractivity contribution is 5.78. The SMILES string of the molecule is O=C(O)CCN1CCCC(CNC(=O)C2CCCC2)C1. The third-order valence-corrected chi connectivity index (χ3v) is 4.54. The lowest BCUT2D eigenvalue weighted by Crippen LogP contribution is -2.42. The predicted octanol–water partition coefficient (Wildman–Crippen LogP) is 1.48. The van der Waals surface area contributed by atoms with Crippen molar-refractivity contribution in [3.05, 3.63) is 0 Å². The van der Waals surface area contributed by atoms with Crippen molar-refractivity contribution in [1.82, 2.24) is 10.2 Å². The molecule has 1 aliphatic carbocycles. The smallest absolute Gasteiger partial charge is 0.304 e. The Kier molecular flexibility index (Phi) is 5.83. The van der Waals surface area contributed by atoms with E-state index in [9.17, 15) is 9.59 Å². The Labute approximate surface area is 120 Å². The molecule has 0 bridgehead atoms. The van der Waals surface area contributed by atoms with Crippen LogP contribution in [0.25, 0.3) is 0 Å². The first kappa shape index (κ1) is 15.3. The van der Waals surface area contributed by atoms with E-state index in [4.69, 9.17) is 5.11 Å². The Balaban J connectivity index is 1.67. The zero-order valence-electron chi connectivity index (χ0n) is 12.1. The average Bonchev–Trinajstić information content (AvgIpc) is 2.97. The number of hydrogen-bond donors (Lipinski definition) is 2. The molecule has 5 heteroatoms. The molecule has 5 nitrogen and oxygen atoms in total. The van der Waals surface area contributed by atoms with E-state index in [2.05, 4.69) is 10.2 Å². The van der Waals surface area contributed by atoms with E-state index >= 15 is 0 Å². The maximum Gasteiger partial charge on any atom is 0.304 e. The molecule has 1 atom stereocenters. The molecule has 0 spiro atoms. The van der Waals surface area contributed by atoms with E-state index in [1.807, 2.05) is 0 Å². The normalized spacial score (nSPS) is 24.7. The number of rotatable bonds is 6. The van der Waals surface area contributed by atoms with Crippen molar-refractivity contribution < 1.29 is 14.7 Å². The van der Waals surface area contributed by atoms with Gasteiger partial charge in [0.05, 0.1) is 6.42 Å². The van der Waals surface area contributed by atoms with Crippen LogP contribution in [-0.2, 0) is 9.59 Å². The fourth-order valence-electron chi connectivity index (χ4n) is 3.35. The number of amides is 1. The molecule has 1 aliphatic heterocycles. The number of piperidine rings is 1. The molecule has 0 aromatic heterocycles. The standard InChI is InChI=1S/C15H26N2O3/c18-14(19)7-9-17-8-3-4-12(11-17)10-16-15(20)13-5-1-2-6-13/h12-13H,1-11H2,(H,16,20)(H,18,19). The van der Waals surface area contributed by atoms with Gasteiger partial charge in [0.1, 0.15) is 0 Å². The van der Waals surface area contributed by atoms with Gasteiger partial charge in [0, 0.05) is 25.6 Å². The maximum atomic E-state index is 12.0. The van der Waals surface area contributed by atoms with Crippen molar-refractivity contribution in [1.29, 1.82) is 0 Å². The number of carboxylic acids is 1. The van der Waals surface area contributed by atoms with Gasteiger partial charge in [-0.25, -0.2) is 0 Å². The number of carboxylic acid groups (broad SMARTS) is 1. The summed E-state index contributed by atoms with van der Waals surface area (Å²) in [6.07, 6.45) is 6.90. The second kappa shape index (κ2) is 7.62. The lowest BCUT2D eigenvalue weighted by molar-refractivity contribution is -0.137. The molecule has 2 aliphatic rings. The van der Waals surface area contributed by atoms with Gasteiger partial charge in [-0.3, -0.25) is 9.59 Å². The Hall–Kier alpha value is -1.10. The van der Waals surface area contributed by atoms with E-state index in [-0.39, 0.29) is 18.2 Å². The van der Waals surface area contributed by atoms with Crippen LogP contribution in [0.2, 0.25) is 0 Å². The summed E-state index contributed by atoms with van der Waals surface area (Å²) in [4.78, 5) is 24.8. The fourth-order valence-corrected chi connectivity index (χ4v) is 3.35. The summed E-state index contributed by atoms with van der Waals surface area (Å²) >= 11 is 0. The Morgan fingerprint density at radius 1 is 1.15 bits per heavy atom. The number of aliphatic carboxylic acids is 1. The monoisotopic (exact) mass is 282 g/mol. The molecule has 114 valence electrons. The molecule has 0 aromatic rings. The van der Waals surface area contributed by atoms with Crippen molar-refractivity contribution in [2.75, 3.05) is 26.2 Å². The fraction of sp³-hybridized carbons (Fsp3) is 0.867. The van der Waals surface area contributed by atoms with Gasteiger partial charge in [-0.15, -0.1) is 0 Å². The number of likely N-dealkylation sites (tertiary alicyclic amines) is 1. The van der Waals surface area contributed by atoms with Crippen LogP contribution in [0.3, 0.4) is 0 Å². The van der Waals surface area contributed by atoms with Gasteiger partial charge in [0.2, 0.25) is 5.91 Å². The minimum Gasteiger partial charge on any atom is -0.481 e. The van der Waals surface area contributed by atoms with Crippen LogP contribution >= 0.6 is 0 Å². The largest absolute Gasteiger partial charge is 0.481 e. The molecule has 2 rings (SSSR count). The summed E-state index contributed by atoms with van der Waals surface area (Å²) < 4.78 is 0. The van der Waals surface area contributed by atoms with E-state index in [0.29, 0.717) is 12.5 Å². The molecule has 1 saturated carbocycles. The first-order valence-electron chi connectivity index (χ1n) is 7.87. The van der Waals surface area contributed by atoms with Gasteiger partial charge in [-0.2, -0.15) is 0 Å². The third-order valence-electron chi connectivity index (χ3n) is 4.54. The van der Waals surface area contributed by atoms with Crippen LogP contribution in [0.5, 0.6) is 0 Å². The second-order valence-corrected chi connectivity index (χ2v) is 6.18. The number of hydrogen-bond acceptors (Lipinski definition) is 3. The quantitative estimate of drug-likeness (QED) is 0.774. The molecule has 0 aromatic carbocycles. The topological polar surface area (TPSA) is 69.6 Å². The van der Waals surface area contributed by atoms with Gasteiger partial charge in [0.25, 0.3) is 0 Å². The van der Waals surface area contributed by atoms with Crippen molar-refractivity contribution in [3.63, 3.8) is 0 Å². The minimum absolute atomic E-state index is 0.209. The van der Waals surface area contributed by atoms with Crippen LogP contribution in [-0.4, -0.2) is 48.1 Å². The van der Waals surface area contributed by atoms with Crippen LogP contribution in [0, 0.1) is 11.8 Å². The number of carbonyl (C=O) groups excluding carboxylic acids is 1. The van der Waals surface area contributed by atoms with Crippen LogP contribution in [0.1, 0.15) is 44.9 Å². The van der Waals surface area contributed by atoms with Gasteiger partial charge < -0.3 is 15.3 Å². The van der Waals surface area contributed by atoms with Gasteiger partial charge in [0.15, 0.2) is 0 Å². The summed E-state index contributed by atoms with van der Waals surface area (Å²) in [5.41, 5.74) is 0. The molecule has 2 N–H and O–H groups in total. The molecule has 1 saturated heterocycles. The van der Waals surface area contributed by atoms with Crippen LogP contribution in [0.15, 0.2) is 0 Å². The van der Waals surface area contributed by atoms with Crippen LogP contribution in [0.4, 0.5) is 0 Å². The Bertz CT molecular complexity index is 340. The summed E-state index contributed by atoms with van der Waals surface area (Å²) in [6.45, 7) is 3.28. The van der Waals surface area contributed by atoms with E-state index in [0.717, 1.165) is 45.3 Å². The first-order chi connectivity index (χ1) is 9.65. The molecule has 1 heterocycles. The highest BCUT2D eigenvalue weighted by atomic mass is 16.4. The summed E-state index contributed by atoms with van der Waals surface area (Å²) in [5.74, 6) is 0.205. The summed E-state index contributed by atoms with van der Waals surface area (Å²) in [7, 11) is 0. The zero-order valence-corrected chi connectivity index (χ0v) is 12.1. The van der Waals surface area contributed by atoms with E-state index in [1.54, 1.807) is 0 Å². The van der Waals surface area contributed by atoms with E-state index < -0.39 is 5.97 Å². The molecule has 20 heavy (non-hydrogen) atoms. The Morgan fingerprint density at radius 2 is 1.90 bits per heavy atom. The Morgan fingerprint density at radius 3 is 2.60 bits per heavy atom. The zero-order chi connectivity index (χ0) is 14.4. The van der Waals surface area contributed by atoms with Gasteiger partial charge in [-0.1, -0.05) is 12.8 Å². The highest BCUT2D eigenvalue weighted by Crippen LogP contribution is 2.25. The van der Waals surface area contributed by atoms with E-state index in [1.165, 1.54) is 12.8 Å². The lowest BCUT2D eigenvalue weighted by Gasteiger charge is -2.32. The van der Waals surface area contributed by atoms with Crippen molar-refractivity contribution in [2.45, 2.75) is 44.9 Å². The predicted molar refractivity (Wildman–Crippen MR) is 76.4 cm³/mol. The second-order valence-electron chi connectivity index (χ2n) is 6.18. The maximum absolute atomic E-state index is 12.0. The first-order valence-corrected chi connectivity index (χ1v) is 7.87. The number of carbonyl (C=O) groups is 2. The van der Waals surface area contributed by atoms with Gasteiger partial charge in [-0.05, 0) is 38.1 Å². The average molecular weight is 282 g/mol. The molecular weight excluding hydrogens is 256 g/mol. The van der Waals surface area contributed by atoms with Crippen molar-refractivity contribution in [3.8, 4) is 0 Å². The molecule has 2 fully saturated rings. The molecule has 1 unspecified atom stereocenters. The van der Waals surface area contributed by atoms with Gasteiger partial charge >= 0.3 is 5.97 Å². The lowest BCUT2D eigenvalue weighted by atomic mass is 9.97. The highest BCUT2D eigenvalue weighted by Gasteiger charge is 2.25. The van der Waals surface area contributed by atoms with Crippen LogP contribution < -0.4 is 5.32 Å². The third kappa shape index (κ3) is 4.78. The summed E-state index contributed by atoms with van der Waals surface area (Å²) in [6, 6.07) is 0. The molecule has 0 radical (unpaired) electrons. The molecule has 1 amide bonds. The minimum atomic E-state index is -0.735. The number of nitrogens with zero attached hydrogens (tertiary/aromatic N) is 1. The number of nitrogens with one attached hydrogen (secondary N) is 1.